The molecule has 0 atom stereocenters. The van der Waals surface area contributed by atoms with Crippen LogP contribution in [-0.4, -0.2) is 20.9 Å². The fourth-order valence-electron chi connectivity index (χ4n) is 1.60. The van der Waals surface area contributed by atoms with E-state index in [2.05, 4.69) is 28.7 Å². The zero-order chi connectivity index (χ0) is 10.1. The van der Waals surface area contributed by atoms with E-state index in [9.17, 15) is 0 Å². The van der Waals surface area contributed by atoms with E-state index in [1.807, 2.05) is 6.07 Å². The second-order valence-corrected chi connectivity index (χ2v) is 3.78. The van der Waals surface area contributed by atoms with Gasteiger partial charge in [0.2, 0.25) is 5.82 Å². The highest BCUT2D eigenvalue weighted by atomic mass is 15.2. The van der Waals surface area contributed by atoms with Crippen molar-refractivity contribution in [3.8, 4) is 6.07 Å². The molecule has 1 aliphatic rings. The molecule has 0 spiro atoms. The first-order valence-electron chi connectivity index (χ1n) is 4.69. The average Bonchev–Trinajstić information content (AvgIpc) is 2.59. The van der Waals surface area contributed by atoms with Gasteiger partial charge in [0.25, 0.3) is 0 Å². The lowest BCUT2D eigenvalue weighted by Gasteiger charge is -2.18. The Hall–Kier alpha value is -1.47. The largest absolute Gasteiger partial charge is 0.291 e. The van der Waals surface area contributed by atoms with Crippen LogP contribution in [0.2, 0.25) is 0 Å². The van der Waals surface area contributed by atoms with E-state index in [0.717, 1.165) is 24.3 Å². The molecule has 0 unspecified atom stereocenters. The van der Waals surface area contributed by atoms with Crippen molar-refractivity contribution in [2.75, 3.05) is 0 Å². The summed E-state index contributed by atoms with van der Waals surface area (Å²) in [6.07, 6.45) is 1.77. The van der Waals surface area contributed by atoms with Gasteiger partial charge in [0.05, 0.1) is 5.69 Å². The number of fused-ring (bicyclic) bond motifs is 1. The molecular formula is C10H12N4. The van der Waals surface area contributed by atoms with Crippen molar-refractivity contribution >= 4 is 0 Å². The Morgan fingerprint density at radius 2 is 2.29 bits per heavy atom. The summed E-state index contributed by atoms with van der Waals surface area (Å²) in [4.78, 5) is 10.5. The summed E-state index contributed by atoms with van der Waals surface area (Å²) in [5.41, 5.74) is 2.16. The third-order valence-corrected chi connectivity index (χ3v) is 2.51. The Morgan fingerprint density at radius 1 is 1.50 bits per heavy atom. The summed E-state index contributed by atoms with van der Waals surface area (Å²) in [5, 5.41) is 8.66. The fraction of sp³-hybridized carbons (Fsp3) is 0.500. The maximum atomic E-state index is 8.66. The topological polar surface area (TPSA) is 52.8 Å². The smallest absolute Gasteiger partial charge is 0.232 e. The number of rotatable bonds is 1. The molecule has 0 saturated carbocycles. The molecule has 4 nitrogen and oxygen atoms in total. The molecular weight excluding hydrogens is 176 g/mol. The second-order valence-electron chi connectivity index (χ2n) is 3.78. The van der Waals surface area contributed by atoms with E-state index in [-0.39, 0.29) is 5.82 Å². The third-order valence-electron chi connectivity index (χ3n) is 2.51. The SMILES string of the molecule is CC(C)N1Cc2cnc(C#N)nc2C1. The minimum Gasteiger partial charge on any atom is -0.291 e. The van der Waals surface area contributed by atoms with Crippen molar-refractivity contribution in [2.45, 2.75) is 33.0 Å². The molecule has 0 radical (unpaired) electrons. The zero-order valence-corrected chi connectivity index (χ0v) is 8.36. The maximum absolute atomic E-state index is 8.66. The molecule has 2 rings (SSSR count). The van der Waals surface area contributed by atoms with Crippen molar-refractivity contribution < 1.29 is 0 Å². The molecule has 0 bridgehead atoms. The molecule has 4 heteroatoms. The van der Waals surface area contributed by atoms with Crippen LogP contribution < -0.4 is 0 Å². The van der Waals surface area contributed by atoms with Crippen LogP contribution in [0.5, 0.6) is 0 Å². The van der Waals surface area contributed by atoms with Crippen LogP contribution in [0.4, 0.5) is 0 Å². The van der Waals surface area contributed by atoms with Gasteiger partial charge in [-0.1, -0.05) is 0 Å². The summed E-state index contributed by atoms with van der Waals surface area (Å²) in [7, 11) is 0. The van der Waals surface area contributed by atoms with Gasteiger partial charge in [0.15, 0.2) is 0 Å². The molecule has 0 amide bonds. The van der Waals surface area contributed by atoms with E-state index in [1.54, 1.807) is 6.20 Å². The highest BCUT2D eigenvalue weighted by molar-refractivity contribution is 5.25. The van der Waals surface area contributed by atoms with Crippen LogP contribution in [-0.2, 0) is 13.1 Å². The van der Waals surface area contributed by atoms with Crippen molar-refractivity contribution in [3.05, 3.63) is 23.3 Å². The van der Waals surface area contributed by atoms with Crippen molar-refractivity contribution in [2.24, 2.45) is 0 Å². The Kier molecular flexibility index (Phi) is 2.18. The first-order chi connectivity index (χ1) is 6.70. The molecule has 0 aromatic carbocycles. The molecule has 0 fully saturated rings. The van der Waals surface area contributed by atoms with Gasteiger partial charge in [-0.05, 0) is 13.8 Å². The summed E-state index contributed by atoms with van der Waals surface area (Å²) in [6.45, 7) is 6.05. The minimum absolute atomic E-state index is 0.273. The number of nitriles is 1. The van der Waals surface area contributed by atoms with Gasteiger partial charge in [0, 0.05) is 30.9 Å². The van der Waals surface area contributed by atoms with E-state index >= 15 is 0 Å². The lowest BCUT2D eigenvalue weighted by molar-refractivity contribution is 0.226. The Labute approximate surface area is 83.2 Å². The Bertz CT molecular complexity index is 392. The van der Waals surface area contributed by atoms with Gasteiger partial charge in [-0.25, -0.2) is 9.97 Å². The monoisotopic (exact) mass is 188 g/mol. The van der Waals surface area contributed by atoms with Crippen LogP contribution in [0.25, 0.3) is 0 Å². The standard InChI is InChI=1S/C10H12N4/c1-7(2)14-5-8-4-12-10(3-11)13-9(8)6-14/h4,7H,5-6H2,1-2H3. The summed E-state index contributed by atoms with van der Waals surface area (Å²) in [6, 6.07) is 2.47. The molecule has 72 valence electrons. The first kappa shape index (κ1) is 9.10. The molecule has 1 aliphatic heterocycles. The Morgan fingerprint density at radius 3 is 2.93 bits per heavy atom. The van der Waals surface area contributed by atoms with Gasteiger partial charge >= 0.3 is 0 Å². The molecule has 0 aliphatic carbocycles. The van der Waals surface area contributed by atoms with Crippen LogP contribution in [0.3, 0.4) is 0 Å². The Balaban J connectivity index is 2.28. The number of hydrogen-bond donors (Lipinski definition) is 0. The molecule has 0 N–H and O–H groups in total. The lowest BCUT2D eigenvalue weighted by atomic mass is 10.3. The van der Waals surface area contributed by atoms with Crippen molar-refractivity contribution in [1.29, 1.82) is 5.26 Å². The summed E-state index contributed by atoms with van der Waals surface area (Å²) >= 11 is 0. The van der Waals surface area contributed by atoms with Crippen LogP contribution >= 0.6 is 0 Å². The van der Waals surface area contributed by atoms with Gasteiger partial charge < -0.3 is 0 Å². The van der Waals surface area contributed by atoms with E-state index < -0.39 is 0 Å². The predicted molar refractivity (Wildman–Crippen MR) is 51.1 cm³/mol. The van der Waals surface area contributed by atoms with Gasteiger partial charge in [-0.2, -0.15) is 5.26 Å². The quantitative estimate of drug-likeness (QED) is 0.661. The van der Waals surface area contributed by atoms with Crippen molar-refractivity contribution in [3.63, 3.8) is 0 Å². The van der Waals surface area contributed by atoms with E-state index in [1.165, 1.54) is 0 Å². The fourth-order valence-corrected chi connectivity index (χ4v) is 1.60. The number of aromatic nitrogens is 2. The third kappa shape index (κ3) is 1.47. The van der Waals surface area contributed by atoms with E-state index in [4.69, 9.17) is 5.26 Å². The molecule has 0 saturated heterocycles. The summed E-state index contributed by atoms with van der Waals surface area (Å²) < 4.78 is 0. The normalized spacial score (nSPS) is 15.6. The molecule has 14 heavy (non-hydrogen) atoms. The van der Waals surface area contributed by atoms with Crippen LogP contribution in [0, 0.1) is 11.3 Å². The van der Waals surface area contributed by atoms with Crippen molar-refractivity contribution in [1.82, 2.24) is 14.9 Å². The van der Waals surface area contributed by atoms with Gasteiger partial charge in [0.1, 0.15) is 6.07 Å². The maximum Gasteiger partial charge on any atom is 0.232 e. The van der Waals surface area contributed by atoms with Crippen LogP contribution in [0.15, 0.2) is 6.20 Å². The molecule has 1 aromatic rings. The second kappa shape index (κ2) is 3.35. The van der Waals surface area contributed by atoms with Gasteiger partial charge in [-0.15, -0.1) is 0 Å². The van der Waals surface area contributed by atoms with E-state index in [0.29, 0.717) is 6.04 Å². The molecule has 1 aromatic heterocycles. The minimum atomic E-state index is 0.273. The zero-order valence-electron chi connectivity index (χ0n) is 8.36. The number of hydrogen-bond acceptors (Lipinski definition) is 4. The summed E-state index contributed by atoms with van der Waals surface area (Å²) in [5.74, 6) is 0.273. The average molecular weight is 188 g/mol. The highest BCUT2D eigenvalue weighted by Crippen LogP contribution is 2.21. The highest BCUT2D eigenvalue weighted by Gasteiger charge is 2.22. The predicted octanol–water partition coefficient (Wildman–Crippen LogP) is 1.07. The first-order valence-corrected chi connectivity index (χ1v) is 4.69. The number of nitrogens with zero attached hydrogens (tertiary/aromatic N) is 4. The van der Waals surface area contributed by atoms with Crippen LogP contribution in [0.1, 0.15) is 30.9 Å². The molecule has 2 heterocycles. The lowest BCUT2D eigenvalue weighted by Crippen LogP contribution is -2.24. The van der Waals surface area contributed by atoms with Gasteiger partial charge in [-0.3, -0.25) is 4.90 Å².